The Morgan fingerprint density at radius 1 is 1.07 bits per heavy atom. The van der Waals surface area contributed by atoms with Crippen molar-refractivity contribution in [1.29, 1.82) is 0 Å². The minimum Gasteiger partial charge on any atom is -0.381 e. The Morgan fingerprint density at radius 3 is 2.16 bits per heavy atom. The summed E-state index contributed by atoms with van der Waals surface area (Å²) >= 11 is 0. The van der Waals surface area contributed by atoms with Gasteiger partial charge in [0.05, 0.1) is 19.1 Å². The van der Waals surface area contributed by atoms with Crippen LogP contribution in [0.1, 0.15) is 47.5 Å². The first-order valence-corrected chi connectivity index (χ1v) is 14.2. The lowest BCUT2D eigenvalue weighted by Crippen LogP contribution is -2.64. The first kappa shape index (κ1) is 32.9. The number of carbonyl (C=O) groups is 5. The maximum atomic E-state index is 13.9. The van der Waals surface area contributed by atoms with Crippen LogP contribution >= 0.6 is 0 Å². The monoisotopic (exact) mass is 623 g/mol. The average molecular weight is 624 g/mol. The molecule has 242 valence electrons. The first-order chi connectivity index (χ1) is 19.6. The second kappa shape index (κ2) is 10.8. The highest BCUT2D eigenvalue weighted by Crippen LogP contribution is 2.65. The molecule has 3 aliphatic heterocycles. The van der Waals surface area contributed by atoms with Crippen LogP contribution in [-0.2, 0) is 24.0 Å². The maximum absolute atomic E-state index is 13.9. The summed E-state index contributed by atoms with van der Waals surface area (Å²) in [4.78, 5) is 66.4. The third kappa shape index (κ3) is 6.43. The van der Waals surface area contributed by atoms with Crippen molar-refractivity contribution >= 4 is 29.5 Å². The van der Waals surface area contributed by atoms with Crippen LogP contribution in [0.15, 0.2) is 0 Å². The fourth-order valence-corrected chi connectivity index (χ4v) is 6.58. The summed E-state index contributed by atoms with van der Waals surface area (Å²) in [6.45, 7) is 6.64. The summed E-state index contributed by atoms with van der Waals surface area (Å²) in [6.07, 6.45) is -7.08. The zero-order chi connectivity index (χ0) is 32.4. The molecule has 5 amide bonds. The predicted molar refractivity (Wildman–Crippen MR) is 139 cm³/mol. The fraction of sp³-hybridized carbons (Fsp3) is 0.815. The number of piperidine rings is 1. The molecule has 4 rings (SSSR count). The van der Waals surface area contributed by atoms with Crippen LogP contribution in [0.2, 0.25) is 0 Å². The van der Waals surface area contributed by atoms with Gasteiger partial charge in [-0.25, -0.2) is 8.78 Å². The number of likely N-dealkylation sites (tertiary alicyclic amines) is 2. The van der Waals surface area contributed by atoms with Gasteiger partial charge in [-0.3, -0.25) is 24.0 Å². The third-order valence-electron chi connectivity index (χ3n) is 9.23. The summed E-state index contributed by atoms with van der Waals surface area (Å²) in [5.74, 6) is -9.87. The number of nitrogens with zero attached hydrogens (tertiary/aromatic N) is 2. The zero-order valence-electron chi connectivity index (χ0n) is 24.6. The van der Waals surface area contributed by atoms with Crippen molar-refractivity contribution in [3.63, 3.8) is 0 Å². The molecule has 16 heteroatoms. The number of hydrogen-bond donors (Lipinski definition) is 4. The second-order valence-electron chi connectivity index (χ2n) is 13.8. The van der Waals surface area contributed by atoms with Gasteiger partial charge >= 0.3 is 12.1 Å². The van der Waals surface area contributed by atoms with E-state index in [1.54, 1.807) is 5.32 Å². The lowest BCUT2D eigenvalue weighted by molar-refractivity contribution is -0.176. The average Bonchev–Trinajstić information content (AvgIpc) is 3.21. The number of hydrogen-bond acceptors (Lipinski definition) is 6. The minimum atomic E-state index is -5.25. The Morgan fingerprint density at radius 2 is 1.67 bits per heavy atom. The lowest BCUT2D eigenvalue weighted by Gasteiger charge is -2.41. The highest BCUT2D eigenvalue weighted by Gasteiger charge is 2.70. The predicted octanol–water partition coefficient (Wildman–Crippen LogP) is 0.412. The molecule has 11 nitrogen and oxygen atoms in total. The van der Waals surface area contributed by atoms with Gasteiger partial charge in [-0.05, 0) is 35.5 Å². The molecular weight excluding hydrogens is 585 g/mol. The number of rotatable bonds is 8. The molecule has 0 spiro atoms. The summed E-state index contributed by atoms with van der Waals surface area (Å²) in [5.41, 5.74) is -1.61. The van der Waals surface area contributed by atoms with Crippen molar-refractivity contribution in [1.82, 2.24) is 25.8 Å². The van der Waals surface area contributed by atoms with Gasteiger partial charge in [0.15, 0.2) is 6.10 Å². The fourth-order valence-electron chi connectivity index (χ4n) is 6.58. The quantitative estimate of drug-likeness (QED) is 0.288. The molecule has 4 fully saturated rings. The Bertz CT molecular complexity index is 1180. The molecule has 0 bridgehead atoms. The largest absolute Gasteiger partial charge is 0.471 e. The Labute approximate surface area is 245 Å². The number of alkyl halides is 5. The van der Waals surface area contributed by atoms with E-state index in [1.807, 2.05) is 13.8 Å². The first-order valence-electron chi connectivity index (χ1n) is 14.2. The van der Waals surface area contributed by atoms with E-state index in [2.05, 4.69) is 10.6 Å². The van der Waals surface area contributed by atoms with Crippen LogP contribution in [0.4, 0.5) is 22.0 Å². The molecule has 4 aliphatic rings. The van der Waals surface area contributed by atoms with E-state index in [9.17, 15) is 51.0 Å². The number of aliphatic hydroxyl groups is 1. The van der Waals surface area contributed by atoms with Gasteiger partial charge in [0.1, 0.15) is 12.1 Å². The lowest BCUT2D eigenvalue weighted by atomic mass is 9.85. The summed E-state index contributed by atoms with van der Waals surface area (Å²) < 4.78 is 66.1. The number of fused-ring (bicyclic) bond motifs is 1. The normalized spacial score (nSPS) is 29.5. The number of halogens is 5. The molecule has 3 heterocycles. The van der Waals surface area contributed by atoms with Crippen molar-refractivity contribution in [2.24, 2.45) is 28.6 Å². The van der Waals surface area contributed by atoms with E-state index < -0.39 is 95.7 Å². The van der Waals surface area contributed by atoms with Crippen LogP contribution in [0.5, 0.6) is 0 Å². The van der Waals surface area contributed by atoms with Crippen LogP contribution in [-0.4, -0.2) is 107 Å². The van der Waals surface area contributed by atoms with Gasteiger partial charge in [-0.1, -0.05) is 34.6 Å². The highest BCUT2D eigenvalue weighted by molar-refractivity contribution is 5.95. The van der Waals surface area contributed by atoms with E-state index in [0.29, 0.717) is 13.0 Å². The van der Waals surface area contributed by atoms with Crippen LogP contribution in [0, 0.1) is 28.6 Å². The van der Waals surface area contributed by atoms with Gasteiger partial charge in [-0.2, -0.15) is 13.2 Å². The topological polar surface area (TPSA) is 148 Å². The molecule has 0 aromatic rings. The summed E-state index contributed by atoms with van der Waals surface area (Å²) in [7, 11) is 0. The van der Waals surface area contributed by atoms with Gasteiger partial charge < -0.3 is 30.9 Å². The van der Waals surface area contributed by atoms with Crippen molar-refractivity contribution in [2.45, 2.75) is 83.8 Å². The standard InChI is InChI=1S/C27H38F5N5O6/c1-24(2,3)18(35-23(43)27(30,31)32)22(42)37-9-13-15(25(13,4)5)16(37)20(40)34-14(8-12-6-7-33-19(12)39)17(38)21(41)36-10-26(28,29)11-36/h12-18,38H,6-11H2,1-5H3,(H,33,39)(H,34,40)(H,35,43)/t12-,13?,14-,15?,16?,17?,18+/m0/s1. The van der Waals surface area contributed by atoms with Gasteiger partial charge in [0.2, 0.25) is 17.7 Å². The van der Waals surface area contributed by atoms with E-state index in [4.69, 9.17) is 0 Å². The number of carbonyl (C=O) groups excluding carboxylic acids is 5. The SMILES string of the molecule is CC1(C)C2CN(C(=O)[C@@H](NC(=O)C(F)(F)F)C(C)(C)C)C(C(=O)N[C@@H](C[C@@H]3CCNC3=O)C(O)C(=O)N3CC(F)(F)C3)C21. The molecular formula is C27H38F5N5O6. The van der Waals surface area contributed by atoms with E-state index >= 15 is 0 Å². The van der Waals surface area contributed by atoms with Crippen molar-refractivity contribution in [3.05, 3.63) is 0 Å². The molecule has 4 unspecified atom stereocenters. The van der Waals surface area contributed by atoms with Crippen LogP contribution in [0.3, 0.4) is 0 Å². The molecule has 3 saturated heterocycles. The number of amides is 5. The third-order valence-corrected chi connectivity index (χ3v) is 9.23. The van der Waals surface area contributed by atoms with E-state index in [0.717, 1.165) is 9.80 Å². The Balaban J connectivity index is 1.58. The van der Waals surface area contributed by atoms with Crippen LogP contribution in [0.25, 0.3) is 0 Å². The van der Waals surface area contributed by atoms with Crippen molar-refractivity contribution in [3.8, 4) is 0 Å². The van der Waals surface area contributed by atoms with Crippen molar-refractivity contribution < 1.29 is 51.0 Å². The number of nitrogens with one attached hydrogen (secondary N) is 3. The highest BCUT2D eigenvalue weighted by atomic mass is 19.4. The van der Waals surface area contributed by atoms with Crippen LogP contribution < -0.4 is 16.0 Å². The number of aliphatic hydroxyl groups excluding tert-OH is 1. The minimum absolute atomic E-state index is 0.0170. The Hall–Kier alpha value is -3.04. The van der Waals surface area contributed by atoms with E-state index in [1.165, 1.54) is 20.8 Å². The molecule has 1 saturated carbocycles. The Kier molecular flexibility index (Phi) is 8.29. The zero-order valence-corrected chi connectivity index (χ0v) is 24.6. The second-order valence-corrected chi connectivity index (χ2v) is 13.8. The van der Waals surface area contributed by atoms with E-state index in [-0.39, 0.29) is 24.8 Å². The smallest absolute Gasteiger partial charge is 0.381 e. The molecule has 0 aromatic heterocycles. The maximum Gasteiger partial charge on any atom is 0.471 e. The van der Waals surface area contributed by atoms with Gasteiger partial charge in [0.25, 0.3) is 11.8 Å². The molecule has 0 radical (unpaired) electrons. The molecule has 0 aromatic carbocycles. The van der Waals surface area contributed by atoms with Gasteiger partial charge in [-0.15, -0.1) is 0 Å². The summed E-state index contributed by atoms with van der Waals surface area (Å²) in [5, 5.41) is 17.9. The molecule has 4 N–H and O–H groups in total. The molecule has 7 atom stereocenters. The van der Waals surface area contributed by atoms with Crippen molar-refractivity contribution in [2.75, 3.05) is 26.2 Å². The molecule has 1 aliphatic carbocycles. The van der Waals surface area contributed by atoms with Gasteiger partial charge in [0, 0.05) is 19.0 Å². The summed E-state index contributed by atoms with van der Waals surface area (Å²) in [6, 6.07) is -4.25. The molecule has 43 heavy (non-hydrogen) atoms.